The molecular weight excluding hydrogens is 354 g/mol. The van der Waals surface area contributed by atoms with E-state index < -0.39 is 0 Å². The maximum absolute atomic E-state index is 12.3. The van der Waals surface area contributed by atoms with E-state index in [4.69, 9.17) is 4.84 Å². The summed E-state index contributed by atoms with van der Waals surface area (Å²) < 4.78 is 0. The van der Waals surface area contributed by atoms with Gasteiger partial charge in [0.1, 0.15) is 0 Å². The van der Waals surface area contributed by atoms with Gasteiger partial charge in [0.05, 0.1) is 5.71 Å². The molecule has 2 amide bonds. The molecule has 0 aromatic heterocycles. The van der Waals surface area contributed by atoms with Crippen molar-refractivity contribution in [3.05, 3.63) is 59.2 Å². The molecule has 2 rings (SSSR count). The lowest BCUT2D eigenvalue weighted by Crippen LogP contribution is -2.19. The van der Waals surface area contributed by atoms with E-state index in [1.807, 2.05) is 37.3 Å². The van der Waals surface area contributed by atoms with Crippen LogP contribution in [0.4, 0.5) is 11.4 Å². The molecule has 0 saturated heterocycles. The highest BCUT2D eigenvalue weighted by atomic mass is 16.6. The van der Waals surface area contributed by atoms with Crippen LogP contribution in [0.1, 0.15) is 50.3 Å². The van der Waals surface area contributed by atoms with Crippen molar-refractivity contribution in [3.63, 3.8) is 0 Å². The van der Waals surface area contributed by atoms with E-state index in [1.54, 1.807) is 19.1 Å². The second-order valence-corrected chi connectivity index (χ2v) is 6.95. The fourth-order valence-corrected chi connectivity index (χ4v) is 2.76. The third-order valence-corrected chi connectivity index (χ3v) is 4.21. The molecule has 0 bridgehead atoms. The summed E-state index contributed by atoms with van der Waals surface area (Å²) in [6.45, 7) is 9.23. The first-order chi connectivity index (χ1) is 13.3. The van der Waals surface area contributed by atoms with Crippen LogP contribution in [0.2, 0.25) is 0 Å². The quantitative estimate of drug-likeness (QED) is 0.549. The van der Waals surface area contributed by atoms with Gasteiger partial charge in [0.25, 0.3) is 5.91 Å². The van der Waals surface area contributed by atoms with Gasteiger partial charge < -0.3 is 15.5 Å². The standard InChI is InChI=1S/C22H27N3O3/c1-14(2)20-8-6-7-15(3)22(20)24-21(27)13-28-25-16(4)18-9-11-19(12-10-18)23-17(5)26/h6-12,14H,13H2,1-5H3,(H,23,26)(H,24,27)/b25-16+. The molecule has 0 aliphatic heterocycles. The Morgan fingerprint density at radius 1 is 1.04 bits per heavy atom. The maximum Gasteiger partial charge on any atom is 0.265 e. The fourth-order valence-electron chi connectivity index (χ4n) is 2.76. The number of oxime groups is 1. The number of amides is 2. The van der Waals surface area contributed by atoms with Gasteiger partial charge >= 0.3 is 0 Å². The summed E-state index contributed by atoms with van der Waals surface area (Å²) in [5.41, 5.74) is 5.13. The van der Waals surface area contributed by atoms with Crippen molar-refractivity contribution in [1.29, 1.82) is 0 Å². The van der Waals surface area contributed by atoms with Crippen molar-refractivity contribution in [3.8, 4) is 0 Å². The van der Waals surface area contributed by atoms with Gasteiger partial charge in [-0.2, -0.15) is 0 Å². The number of benzene rings is 2. The lowest BCUT2D eigenvalue weighted by molar-refractivity contribution is -0.120. The molecule has 2 aromatic rings. The van der Waals surface area contributed by atoms with Gasteiger partial charge in [0, 0.05) is 18.3 Å². The molecule has 2 aromatic carbocycles. The normalized spacial score (nSPS) is 11.3. The minimum Gasteiger partial charge on any atom is -0.385 e. The average Bonchev–Trinajstić information content (AvgIpc) is 2.63. The van der Waals surface area contributed by atoms with E-state index in [2.05, 4.69) is 29.6 Å². The largest absolute Gasteiger partial charge is 0.385 e. The fraction of sp³-hybridized carbons (Fsp3) is 0.318. The smallest absolute Gasteiger partial charge is 0.265 e. The summed E-state index contributed by atoms with van der Waals surface area (Å²) in [6.07, 6.45) is 0. The molecule has 0 unspecified atom stereocenters. The molecule has 2 N–H and O–H groups in total. The summed E-state index contributed by atoms with van der Waals surface area (Å²) in [7, 11) is 0. The van der Waals surface area contributed by atoms with Crippen molar-refractivity contribution in [2.75, 3.05) is 17.2 Å². The Balaban J connectivity index is 1.95. The first-order valence-corrected chi connectivity index (χ1v) is 9.22. The Labute approximate surface area is 166 Å². The zero-order valence-electron chi connectivity index (χ0n) is 17.0. The van der Waals surface area contributed by atoms with Gasteiger partial charge in [0.15, 0.2) is 6.61 Å². The number of hydrogen-bond acceptors (Lipinski definition) is 4. The van der Waals surface area contributed by atoms with E-state index in [0.717, 1.165) is 22.4 Å². The molecule has 0 radical (unpaired) electrons. The number of anilines is 2. The number of rotatable bonds is 7. The second-order valence-electron chi connectivity index (χ2n) is 6.95. The summed E-state index contributed by atoms with van der Waals surface area (Å²) in [4.78, 5) is 28.5. The van der Waals surface area contributed by atoms with Crippen molar-refractivity contribution < 1.29 is 14.4 Å². The SMILES string of the molecule is CC(=O)Nc1ccc(/C(C)=N/OCC(=O)Nc2c(C)cccc2C(C)C)cc1. The summed E-state index contributed by atoms with van der Waals surface area (Å²) in [5, 5.41) is 9.65. The molecular formula is C22H27N3O3. The predicted molar refractivity (Wildman–Crippen MR) is 113 cm³/mol. The number of nitrogens with zero attached hydrogens (tertiary/aromatic N) is 1. The van der Waals surface area contributed by atoms with Gasteiger partial charge in [-0.05, 0) is 48.6 Å². The van der Waals surface area contributed by atoms with Gasteiger partial charge in [0.2, 0.25) is 5.91 Å². The number of carbonyl (C=O) groups is 2. The molecule has 6 nitrogen and oxygen atoms in total. The molecule has 0 aliphatic rings. The summed E-state index contributed by atoms with van der Waals surface area (Å²) in [6, 6.07) is 13.2. The Morgan fingerprint density at radius 3 is 2.32 bits per heavy atom. The Hall–Kier alpha value is -3.15. The predicted octanol–water partition coefficient (Wildman–Crippen LogP) is 4.46. The van der Waals surface area contributed by atoms with Crippen molar-refractivity contribution in [1.82, 2.24) is 0 Å². The number of nitrogens with one attached hydrogen (secondary N) is 2. The molecule has 0 heterocycles. The van der Waals surface area contributed by atoms with E-state index in [9.17, 15) is 9.59 Å². The molecule has 148 valence electrons. The van der Waals surface area contributed by atoms with Gasteiger partial charge in [-0.15, -0.1) is 0 Å². The average molecular weight is 381 g/mol. The second kappa shape index (κ2) is 9.69. The number of carbonyl (C=O) groups excluding carboxylic acids is 2. The minimum atomic E-state index is -0.256. The maximum atomic E-state index is 12.3. The van der Waals surface area contributed by atoms with Crippen LogP contribution in [-0.2, 0) is 14.4 Å². The number of hydrogen-bond donors (Lipinski definition) is 2. The van der Waals surface area contributed by atoms with Gasteiger partial charge in [-0.3, -0.25) is 9.59 Å². The van der Waals surface area contributed by atoms with Crippen LogP contribution in [0.25, 0.3) is 0 Å². The van der Waals surface area contributed by atoms with Crippen LogP contribution in [0.3, 0.4) is 0 Å². The third-order valence-electron chi connectivity index (χ3n) is 4.21. The summed E-state index contributed by atoms with van der Waals surface area (Å²) in [5.74, 6) is -0.0765. The van der Waals surface area contributed by atoms with Crippen LogP contribution in [0.15, 0.2) is 47.6 Å². The van der Waals surface area contributed by atoms with Crippen LogP contribution >= 0.6 is 0 Å². The molecule has 0 aliphatic carbocycles. The van der Waals surface area contributed by atoms with Crippen LogP contribution in [-0.4, -0.2) is 24.1 Å². The first kappa shape index (κ1) is 21.2. The third kappa shape index (κ3) is 5.94. The lowest BCUT2D eigenvalue weighted by Gasteiger charge is -2.16. The molecule has 6 heteroatoms. The zero-order valence-corrected chi connectivity index (χ0v) is 17.0. The Bertz CT molecular complexity index is 871. The van der Waals surface area contributed by atoms with Gasteiger partial charge in [-0.1, -0.05) is 49.3 Å². The molecule has 0 atom stereocenters. The van der Waals surface area contributed by atoms with E-state index in [0.29, 0.717) is 17.3 Å². The van der Waals surface area contributed by atoms with Crippen LogP contribution in [0.5, 0.6) is 0 Å². The van der Waals surface area contributed by atoms with Gasteiger partial charge in [-0.25, -0.2) is 0 Å². The minimum absolute atomic E-state index is 0.123. The number of aryl methyl sites for hydroxylation is 1. The highest BCUT2D eigenvalue weighted by Crippen LogP contribution is 2.27. The Morgan fingerprint density at radius 2 is 1.71 bits per heavy atom. The van der Waals surface area contributed by atoms with E-state index in [1.165, 1.54) is 6.92 Å². The van der Waals surface area contributed by atoms with Crippen molar-refractivity contribution in [2.24, 2.45) is 5.16 Å². The monoisotopic (exact) mass is 381 g/mol. The van der Waals surface area contributed by atoms with Crippen LogP contribution < -0.4 is 10.6 Å². The van der Waals surface area contributed by atoms with E-state index in [-0.39, 0.29) is 18.4 Å². The van der Waals surface area contributed by atoms with Crippen molar-refractivity contribution >= 4 is 28.9 Å². The molecule has 28 heavy (non-hydrogen) atoms. The first-order valence-electron chi connectivity index (χ1n) is 9.22. The molecule has 0 fully saturated rings. The van der Waals surface area contributed by atoms with E-state index >= 15 is 0 Å². The van der Waals surface area contributed by atoms with Crippen molar-refractivity contribution in [2.45, 2.75) is 40.5 Å². The van der Waals surface area contributed by atoms with Crippen LogP contribution in [0, 0.1) is 6.92 Å². The summed E-state index contributed by atoms with van der Waals surface area (Å²) >= 11 is 0. The molecule has 0 spiro atoms. The lowest BCUT2D eigenvalue weighted by atomic mass is 9.98. The highest BCUT2D eigenvalue weighted by molar-refractivity contribution is 5.99. The Kier molecular flexibility index (Phi) is 7.32. The zero-order chi connectivity index (χ0) is 20.7. The topological polar surface area (TPSA) is 79.8 Å². The molecule has 0 saturated carbocycles. The highest BCUT2D eigenvalue weighted by Gasteiger charge is 2.12. The number of para-hydroxylation sites is 1.